The van der Waals surface area contributed by atoms with Crippen molar-refractivity contribution in [1.82, 2.24) is 9.55 Å². The average molecular weight is 411 g/mol. The standard InChI is InChI=1S/C28H46N2/c1-5-7-8-9-10-11-12-13-14-17-25(22-24(3)4)26-18-15-16-19-27(26)28(6-2)30-21-20-29-23-30/h15-16,18-21,23-25,28H,5-14,17,22H2,1-4H3/t25-,28?/m0/s1. The molecule has 2 nitrogen and oxygen atoms in total. The minimum Gasteiger partial charge on any atom is -0.330 e. The van der Waals surface area contributed by atoms with Crippen LogP contribution in [0.1, 0.15) is 128 Å². The van der Waals surface area contributed by atoms with Crippen LogP contribution in [0.5, 0.6) is 0 Å². The number of imidazole rings is 1. The monoisotopic (exact) mass is 410 g/mol. The summed E-state index contributed by atoms with van der Waals surface area (Å²) in [6.45, 7) is 9.33. The molecular formula is C28H46N2. The fourth-order valence-corrected chi connectivity index (χ4v) is 4.90. The summed E-state index contributed by atoms with van der Waals surface area (Å²) in [5.41, 5.74) is 3.07. The summed E-state index contributed by atoms with van der Waals surface area (Å²) >= 11 is 0. The van der Waals surface area contributed by atoms with Crippen LogP contribution in [-0.2, 0) is 0 Å². The van der Waals surface area contributed by atoms with E-state index in [1.54, 1.807) is 5.56 Å². The molecule has 2 rings (SSSR count). The molecule has 0 amide bonds. The minimum absolute atomic E-state index is 0.390. The Balaban J connectivity index is 1.96. The first-order valence-corrected chi connectivity index (χ1v) is 12.7. The van der Waals surface area contributed by atoms with Crippen molar-refractivity contribution in [2.75, 3.05) is 0 Å². The molecule has 1 unspecified atom stereocenters. The van der Waals surface area contributed by atoms with Crippen LogP contribution in [0, 0.1) is 5.92 Å². The van der Waals surface area contributed by atoms with Gasteiger partial charge in [-0.1, -0.05) is 110 Å². The van der Waals surface area contributed by atoms with Gasteiger partial charge in [0.15, 0.2) is 0 Å². The Morgan fingerprint density at radius 2 is 1.47 bits per heavy atom. The predicted octanol–water partition coefficient (Wildman–Crippen LogP) is 8.93. The summed E-state index contributed by atoms with van der Waals surface area (Å²) < 4.78 is 2.28. The van der Waals surface area contributed by atoms with E-state index >= 15 is 0 Å². The van der Waals surface area contributed by atoms with Crippen molar-refractivity contribution in [3.05, 3.63) is 54.1 Å². The molecule has 0 aliphatic heterocycles. The lowest BCUT2D eigenvalue weighted by Crippen LogP contribution is -2.14. The quantitative estimate of drug-likeness (QED) is 0.252. The third kappa shape index (κ3) is 8.28. The molecule has 2 heteroatoms. The molecule has 0 radical (unpaired) electrons. The Bertz CT molecular complexity index is 659. The highest BCUT2D eigenvalue weighted by atomic mass is 15.0. The summed E-state index contributed by atoms with van der Waals surface area (Å²) in [7, 11) is 0. The van der Waals surface area contributed by atoms with Crippen molar-refractivity contribution in [1.29, 1.82) is 0 Å². The van der Waals surface area contributed by atoms with Crippen LogP contribution in [0.2, 0.25) is 0 Å². The average Bonchev–Trinajstić information content (AvgIpc) is 3.27. The van der Waals surface area contributed by atoms with E-state index in [1.807, 2.05) is 12.5 Å². The molecule has 0 saturated carbocycles. The van der Waals surface area contributed by atoms with Crippen molar-refractivity contribution in [2.45, 2.75) is 117 Å². The fraction of sp³-hybridized carbons (Fsp3) is 0.679. The van der Waals surface area contributed by atoms with Gasteiger partial charge >= 0.3 is 0 Å². The molecule has 2 atom stereocenters. The Hall–Kier alpha value is -1.57. The largest absolute Gasteiger partial charge is 0.330 e. The maximum atomic E-state index is 4.30. The van der Waals surface area contributed by atoms with Gasteiger partial charge in [-0.3, -0.25) is 0 Å². The molecule has 2 aromatic rings. The maximum absolute atomic E-state index is 4.30. The van der Waals surface area contributed by atoms with Crippen LogP contribution < -0.4 is 0 Å². The summed E-state index contributed by atoms with van der Waals surface area (Å²) in [6, 6.07) is 9.59. The molecule has 1 aromatic carbocycles. The summed E-state index contributed by atoms with van der Waals surface area (Å²) in [5, 5.41) is 0. The lowest BCUT2D eigenvalue weighted by Gasteiger charge is -2.27. The van der Waals surface area contributed by atoms with Gasteiger partial charge in [0.1, 0.15) is 0 Å². The highest BCUT2D eigenvalue weighted by Gasteiger charge is 2.21. The topological polar surface area (TPSA) is 17.8 Å². The first-order valence-electron chi connectivity index (χ1n) is 12.7. The minimum atomic E-state index is 0.390. The van der Waals surface area contributed by atoms with Crippen molar-refractivity contribution in [2.24, 2.45) is 5.92 Å². The number of benzene rings is 1. The van der Waals surface area contributed by atoms with E-state index in [-0.39, 0.29) is 0 Å². The third-order valence-corrected chi connectivity index (χ3v) is 6.48. The Labute approximate surface area is 186 Å². The first kappa shape index (κ1) is 24.7. The van der Waals surface area contributed by atoms with Gasteiger partial charge in [-0.05, 0) is 42.2 Å². The zero-order valence-corrected chi connectivity index (χ0v) is 20.2. The maximum Gasteiger partial charge on any atom is 0.0951 e. The molecule has 30 heavy (non-hydrogen) atoms. The van der Waals surface area contributed by atoms with Crippen LogP contribution in [0.4, 0.5) is 0 Å². The molecule has 168 valence electrons. The number of nitrogens with zero attached hydrogens (tertiary/aromatic N) is 2. The molecule has 0 N–H and O–H groups in total. The zero-order chi connectivity index (χ0) is 21.6. The molecule has 0 bridgehead atoms. The van der Waals surface area contributed by atoms with Gasteiger partial charge in [-0.2, -0.15) is 0 Å². The number of unbranched alkanes of at least 4 members (excludes halogenated alkanes) is 8. The molecule has 1 heterocycles. The van der Waals surface area contributed by atoms with Gasteiger partial charge in [-0.15, -0.1) is 0 Å². The Morgan fingerprint density at radius 1 is 0.833 bits per heavy atom. The van der Waals surface area contributed by atoms with E-state index in [0.29, 0.717) is 12.0 Å². The number of rotatable bonds is 16. The van der Waals surface area contributed by atoms with Crippen molar-refractivity contribution >= 4 is 0 Å². The van der Waals surface area contributed by atoms with Crippen molar-refractivity contribution in [3.63, 3.8) is 0 Å². The number of aromatic nitrogens is 2. The Kier molecular flexibility index (Phi) is 11.9. The smallest absolute Gasteiger partial charge is 0.0951 e. The molecule has 0 fully saturated rings. The third-order valence-electron chi connectivity index (χ3n) is 6.48. The summed E-state index contributed by atoms with van der Waals surface area (Å²) in [5.74, 6) is 1.40. The van der Waals surface area contributed by atoms with Crippen LogP contribution >= 0.6 is 0 Å². The van der Waals surface area contributed by atoms with Gasteiger partial charge in [0.2, 0.25) is 0 Å². The second-order valence-corrected chi connectivity index (χ2v) is 9.51. The van der Waals surface area contributed by atoms with Gasteiger partial charge < -0.3 is 4.57 Å². The van der Waals surface area contributed by atoms with Crippen LogP contribution in [0.15, 0.2) is 43.0 Å². The molecule has 1 aromatic heterocycles. The Morgan fingerprint density at radius 3 is 2.03 bits per heavy atom. The summed E-state index contributed by atoms with van der Waals surface area (Å²) in [6.07, 6.45) is 22.3. The SMILES string of the molecule is CCCCCCCCCCC[C@@H](CC(C)C)c1ccccc1C(CC)n1ccnc1. The predicted molar refractivity (Wildman–Crippen MR) is 131 cm³/mol. The van der Waals surface area contributed by atoms with Crippen molar-refractivity contribution < 1.29 is 0 Å². The molecule has 0 saturated heterocycles. The number of hydrogen-bond donors (Lipinski definition) is 0. The highest BCUT2D eigenvalue weighted by molar-refractivity contribution is 5.34. The highest BCUT2D eigenvalue weighted by Crippen LogP contribution is 2.36. The second kappa shape index (κ2) is 14.4. The van der Waals surface area contributed by atoms with E-state index < -0.39 is 0 Å². The fourth-order valence-electron chi connectivity index (χ4n) is 4.90. The molecule has 0 aliphatic rings. The van der Waals surface area contributed by atoms with Gasteiger partial charge in [0.05, 0.1) is 12.4 Å². The van der Waals surface area contributed by atoms with E-state index in [0.717, 1.165) is 12.3 Å². The normalized spacial score (nSPS) is 13.6. The lowest BCUT2D eigenvalue weighted by atomic mass is 9.82. The van der Waals surface area contributed by atoms with Crippen LogP contribution in [0.25, 0.3) is 0 Å². The van der Waals surface area contributed by atoms with E-state index in [2.05, 4.69) is 67.7 Å². The molecular weight excluding hydrogens is 364 g/mol. The molecule has 0 spiro atoms. The van der Waals surface area contributed by atoms with Gasteiger partial charge in [-0.25, -0.2) is 4.98 Å². The first-order chi connectivity index (χ1) is 14.7. The zero-order valence-electron chi connectivity index (χ0n) is 20.2. The van der Waals surface area contributed by atoms with Crippen molar-refractivity contribution in [3.8, 4) is 0 Å². The number of hydrogen-bond acceptors (Lipinski definition) is 1. The van der Waals surface area contributed by atoms with E-state index in [1.165, 1.54) is 76.2 Å². The lowest BCUT2D eigenvalue weighted by molar-refractivity contribution is 0.445. The summed E-state index contributed by atoms with van der Waals surface area (Å²) in [4.78, 5) is 4.30. The molecule has 0 aliphatic carbocycles. The van der Waals surface area contributed by atoms with Gasteiger partial charge in [0.25, 0.3) is 0 Å². The van der Waals surface area contributed by atoms with Crippen LogP contribution in [0.3, 0.4) is 0 Å². The second-order valence-electron chi connectivity index (χ2n) is 9.51. The van der Waals surface area contributed by atoms with Gasteiger partial charge in [0, 0.05) is 12.4 Å². The van der Waals surface area contributed by atoms with Crippen LogP contribution in [-0.4, -0.2) is 9.55 Å². The van der Waals surface area contributed by atoms with E-state index in [9.17, 15) is 0 Å². The van der Waals surface area contributed by atoms with E-state index in [4.69, 9.17) is 0 Å².